The van der Waals surface area contributed by atoms with Crippen LogP contribution in [0.4, 0.5) is 13.2 Å². The number of alkyl halides is 3. The van der Waals surface area contributed by atoms with Gasteiger partial charge in [0.25, 0.3) is 0 Å². The normalized spacial score (nSPS) is 14.3. The van der Waals surface area contributed by atoms with Crippen LogP contribution in [0.5, 0.6) is 0 Å². The Hall–Kier alpha value is -2.09. The first-order valence-electron chi connectivity index (χ1n) is 7.44. The van der Waals surface area contributed by atoms with Crippen molar-refractivity contribution in [2.24, 2.45) is 11.7 Å². The van der Waals surface area contributed by atoms with E-state index >= 15 is 0 Å². The molecule has 1 aromatic carbocycles. The maximum absolute atomic E-state index is 12.5. The second kappa shape index (κ2) is 8.14. The van der Waals surface area contributed by atoms with Gasteiger partial charge in [0.15, 0.2) is 0 Å². The lowest BCUT2D eigenvalue weighted by Gasteiger charge is -2.19. The number of aliphatic hydroxyl groups excluding tert-OH is 1. The van der Waals surface area contributed by atoms with Crippen molar-refractivity contribution in [1.82, 2.24) is 5.32 Å². The zero-order chi connectivity index (χ0) is 18.5. The third-order valence-electron chi connectivity index (χ3n) is 3.38. The number of nitrogens with one attached hydrogen (secondary N) is 1. The molecule has 0 aliphatic rings. The zero-order valence-electron chi connectivity index (χ0n) is 13.4. The monoisotopic (exact) mass is 346 g/mol. The molecule has 0 radical (unpaired) electrons. The van der Waals surface area contributed by atoms with Crippen LogP contribution in [0.15, 0.2) is 24.3 Å². The fourth-order valence-corrected chi connectivity index (χ4v) is 2.11. The van der Waals surface area contributed by atoms with E-state index in [-0.39, 0.29) is 18.8 Å². The van der Waals surface area contributed by atoms with E-state index in [1.54, 1.807) is 0 Å². The number of aliphatic hydroxyl groups is 1. The van der Waals surface area contributed by atoms with Gasteiger partial charge in [-0.2, -0.15) is 13.2 Å². The van der Waals surface area contributed by atoms with Crippen molar-refractivity contribution in [3.8, 4) is 0 Å². The molecule has 1 rings (SSSR count). The van der Waals surface area contributed by atoms with Crippen LogP contribution in [0.2, 0.25) is 0 Å². The standard InChI is InChI=1S/C16H21F3N2O3/c1-9(2)7-13(22)15(24)21-12(14(20)23)8-10-3-5-11(6-4-10)16(17,18)19/h3-6,9,12-13,22H,7-8H2,1-2H3,(H2,20,23)(H,21,24)/t12-,13-/m1/s1. The Kier molecular flexibility index (Phi) is 6.77. The SMILES string of the molecule is CC(C)C[C@@H](O)C(=O)N[C@H](Cc1ccc(C(F)(F)F)cc1)C(N)=O. The topological polar surface area (TPSA) is 92.4 Å². The Morgan fingerprint density at radius 2 is 1.75 bits per heavy atom. The van der Waals surface area contributed by atoms with Crippen molar-refractivity contribution in [1.29, 1.82) is 0 Å². The number of nitrogens with two attached hydrogens (primary N) is 1. The summed E-state index contributed by atoms with van der Waals surface area (Å²) >= 11 is 0. The molecular weight excluding hydrogens is 325 g/mol. The number of carbonyl (C=O) groups excluding carboxylic acids is 2. The third kappa shape index (κ3) is 6.19. The molecule has 2 atom stereocenters. The molecule has 0 aliphatic heterocycles. The molecule has 8 heteroatoms. The number of hydrogen-bond donors (Lipinski definition) is 3. The molecule has 0 aliphatic carbocycles. The average molecular weight is 346 g/mol. The van der Waals surface area contributed by atoms with Crippen LogP contribution in [-0.4, -0.2) is 29.1 Å². The van der Waals surface area contributed by atoms with Gasteiger partial charge in [0, 0.05) is 6.42 Å². The number of amides is 2. The van der Waals surface area contributed by atoms with E-state index in [0.717, 1.165) is 12.1 Å². The minimum absolute atomic E-state index is 0.0619. The van der Waals surface area contributed by atoms with Gasteiger partial charge in [-0.05, 0) is 30.0 Å². The molecule has 0 saturated heterocycles. The first-order valence-corrected chi connectivity index (χ1v) is 7.44. The summed E-state index contributed by atoms with van der Waals surface area (Å²) in [6.45, 7) is 3.65. The highest BCUT2D eigenvalue weighted by atomic mass is 19.4. The smallest absolute Gasteiger partial charge is 0.383 e. The van der Waals surface area contributed by atoms with Gasteiger partial charge in [-0.3, -0.25) is 9.59 Å². The lowest BCUT2D eigenvalue weighted by molar-refractivity contribution is -0.137. The summed E-state index contributed by atoms with van der Waals surface area (Å²) in [6, 6.07) is 3.10. The zero-order valence-corrected chi connectivity index (χ0v) is 13.4. The fraction of sp³-hybridized carbons (Fsp3) is 0.500. The number of halogens is 3. The Morgan fingerprint density at radius 3 is 2.17 bits per heavy atom. The van der Waals surface area contributed by atoms with Gasteiger partial charge in [-0.15, -0.1) is 0 Å². The van der Waals surface area contributed by atoms with Gasteiger partial charge in [0.1, 0.15) is 12.1 Å². The molecule has 5 nitrogen and oxygen atoms in total. The molecule has 0 heterocycles. The molecule has 0 bridgehead atoms. The molecule has 24 heavy (non-hydrogen) atoms. The number of benzene rings is 1. The van der Waals surface area contributed by atoms with E-state index in [2.05, 4.69) is 5.32 Å². The number of carbonyl (C=O) groups is 2. The maximum Gasteiger partial charge on any atom is 0.416 e. The van der Waals surface area contributed by atoms with E-state index in [1.165, 1.54) is 12.1 Å². The first-order chi connectivity index (χ1) is 11.0. The van der Waals surface area contributed by atoms with Crippen LogP contribution in [0.1, 0.15) is 31.4 Å². The van der Waals surface area contributed by atoms with Crippen LogP contribution < -0.4 is 11.1 Å². The summed E-state index contributed by atoms with van der Waals surface area (Å²) in [4.78, 5) is 23.3. The molecule has 1 aromatic rings. The van der Waals surface area contributed by atoms with Crippen molar-refractivity contribution >= 4 is 11.8 Å². The summed E-state index contributed by atoms with van der Waals surface area (Å²) in [7, 11) is 0. The second-order valence-corrected chi connectivity index (χ2v) is 6.01. The van der Waals surface area contributed by atoms with E-state index < -0.39 is 35.7 Å². The summed E-state index contributed by atoms with van der Waals surface area (Å²) in [6.07, 6.45) is -5.57. The third-order valence-corrected chi connectivity index (χ3v) is 3.38. The Bertz CT molecular complexity index is 571. The van der Waals surface area contributed by atoms with Crippen LogP contribution >= 0.6 is 0 Å². The van der Waals surface area contributed by atoms with E-state index in [0.29, 0.717) is 5.56 Å². The van der Waals surface area contributed by atoms with Crippen molar-refractivity contribution in [3.63, 3.8) is 0 Å². The Morgan fingerprint density at radius 1 is 1.21 bits per heavy atom. The summed E-state index contributed by atoms with van der Waals surface area (Å²) in [5, 5.41) is 12.1. The highest BCUT2D eigenvalue weighted by Crippen LogP contribution is 2.29. The Balaban J connectivity index is 2.76. The van der Waals surface area contributed by atoms with Crippen molar-refractivity contribution in [2.75, 3.05) is 0 Å². The molecule has 0 fully saturated rings. The van der Waals surface area contributed by atoms with Crippen molar-refractivity contribution in [2.45, 2.75) is 45.0 Å². The molecule has 2 amide bonds. The molecule has 0 saturated carbocycles. The summed E-state index contributed by atoms with van der Waals surface area (Å²) in [5.74, 6) is -1.49. The summed E-state index contributed by atoms with van der Waals surface area (Å²) < 4.78 is 37.5. The minimum atomic E-state index is -4.45. The first kappa shape index (κ1) is 20.0. The fourth-order valence-electron chi connectivity index (χ4n) is 2.11. The van der Waals surface area contributed by atoms with Crippen LogP contribution in [-0.2, 0) is 22.2 Å². The largest absolute Gasteiger partial charge is 0.416 e. The van der Waals surface area contributed by atoms with Gasteiger partial charge in [-0.1, -0.05) is 26.0 Å². The number of primary amides is 1. The number of hydrogen-bond acceptors (Lipinski definition) is 3. The summed E-state index contributed by atoms with van der Waals surface area (Å²) in [5.41, 5.74) is 4.82. The highest BCUT2D eigenvalue weighted by Gasteiger charge is 2.30. The van der Waals surface area contributed by atoms with Crippen LogP contribution in [0.3, 0.4) is 0 Å². The predicted octanol–water partition coefficient (Wildman–Crippen LogP) is 1.62. The van der Waals surface area contributed by atoms with Gasteiger partial charge >= 0.3 is 6.18 Å². The molecule has 0 aromatic heterocycles. The Labute approximate surface area is 138 Å². The van der Waals surface area contributed by atoms with Crippen molar-refractivity contribution in [3.05, 3.63) is 35.4 Å². The second-order valence-electron chi connectivity index (χ2n) is 6.01. The number of rotatable bonds is 7. The lowest BCUT2D eigenvalue weighted by atomic mass is 10.0. The minimum Gasteiger partial charge on any atom is -0.383 e. The van der Waals surface area contributed by atoms with Gasteiger partial charge in [-0.25, -0.2) is 0 Å². The van der Waals surface area contributed by atoms with E-state index in [9.17, 15) is 27.9 Å². The molecule has 0 spiro atoms. The van der Waals surface area contributed by atoms with Gasteiger partial charge in [0.2, 0.25) is 11.8 Å². The van der Waals surface area contributed by atoms with Crippen LogP contribution in [0.25, 0.3) is 0 Å². The molecule has 134 valence electrons. The predicted molar refractivity (Wildman–Crippen MR) is 81.7 cm³/mol. The van der Waals surface area contributed by atoms with Gasteiger partial charge < -0.3 is 16.2 Å². The highest BCUT2D eigenvalue weighted by molar-refractivity contribution is 5.88. The van der Waals surface area contributed by atoms with Crippen LogP contribution in [0, 0.1) is 5.92 Å². The molecule has 0 unspecified atom stereocenters. The molecule has 4 N–H and O–H groups in total. The maximum atomic E-state index is 12.5. The lowest BCUT2D eigenvalue weighted by Crippen LogP contribution is -2.49. The van der Waals surface area contributed by atoms with E-state index in [4.69, 9.17) is 5.73 Å². The van der Waals surface area contributed by atoms with Crippen molar-refractivity contribution < 1.29 is 27.9 Å². The average Bonchev–Trinajstić information content (AvgIpc) is 2.45. The molecular formula is C16H21F3N2O3. The quantitative estimate of drug-likeness (QED) is 0.700. The van der Waals surface area contributed by atoms with Gasteiger partial charge in [0.05, 0.1) is 5.56 Å². The van der Waals surface area contributed by atoms with E-state index in [1.807, 2.05) is 13.8 Å².